The number of rotatable bonds is 5. The van der Waals surface area contributed by atoms with Crippen LogP contribution in [0.5, 0.6) is 0 Å². The lowest BCUT2D eigenvalue weighted by Crippen LogP contribution is -2.37. The van der Waals surface area contributed by atoms with Crippen molar-refractivity contribution in [3.63, 3.8) is 0 Å². The van der Waals surface area contributed by atoms with Gasteiger partial charge in [-0.15, -0.1) is 0 Å². The molecule has 0 spiro atoms. The number of para-hydroxylation sites is 1. The van der Waals surface area contributed by atoms with Gasteiger partial charge in [-0.3, -0.25) is 9.59 Å². The average molecular weight is 432 g/mol. The Hall–Kier alpha value is -3.47. The number of ether oxygens (including phenoxy) is 1. The summed E-state index contributed by atoms with van der Waals surface area (Å²) in [6, 6.07) is 23.3. The number of carbonyl (C=O) groups excluding carboxylic acids is 2. The minimum atomic E-state index is -0.897. The van der Waals surface area contributed by atoms with Crippen LogP contribution >= 0.6 is 0 Å². The molecule has 5 heteroatoms. The monoisotopic (exact) mass is 431 g/mol. The van der Waals surface area contributed by atoms with Crippen molar-refractivity contribution in [1.29, 1.82) is 0 Å². The molecule has 3 aromatic rings. The van der Waals surface area contributed by atoms with Crippen LogP contribution in [0, 0.1) is 11.2 Å². The Balaban J connectivity index is 1.51. The van der Waals surface area contributed by atoms with E-state index in [1.165, 1.54) is 6.07 Å². The van der Waals surface area contributed by atoms with Gasteiger partial charge < -0.3 is 9.64 Å². The number of hydrogen-bond acceptors (Lipinski definition) is 3. The molecule has 0 bridgehead atoms. The van der Waals surface area contributed by atoms with Gasteiger partial charge in [-0.2, -0.15) is 0 Å². The SMILES string of the molecule is C[C@H](C(=O)O[C@@H]1C(=O)N(c2ccccc2)CC1(C)C)c1ccc(-c2ccccc2)c(F)c1. The van der Waals surface area contributed by atoms with Gasteiger partial charge in [-0.25, -0.2) is 4.39 Å². The first-order valence-electron chi connectivity index (χ1n) is 10.7. The fourth-order valence-corrected chi connectivity index (χ4v) is 4.09. The highest BCUT2D eigenvalue weighted by atomic mass is 19.1. The van der Waals surface area contributed by atoms with E-state index in [4.69, 9.17) is 4.74 Å². The summed E-state index contributed by atoms with van der Waals surface area (Å²) in [5.74, 6) is -1.89. The Morgan fingerprint density at radius 2 is 1.66 bits per heavy atom. The third kappa shape index (κ3) is 4.15. The molecule has 164 valence electrons. The van der Waals surface area contributed by atoms with Crippen molar-refractivity contribution in [3.8, 4) is 11.1 Å². The molecule has 1 fully saturated rings. The molecule has 0 aliphatic carbocycles. The summed E-state index contributed by atoms with van der Waals surface area (Å²) in [6.45, 7) is 5.93. The Morgan fingerprint density at radius 3 is 2.28 bits per heavy atom. The van der Waals surface area contributed by atoms with Crippen LogP contribution in [-0.4, -0.2) is 24.5 Å². The second-order valence-electron chi connectivity index (χ2n) is 8.89. The van der Waals surface area contributed by atoms with Crippen LogP contribution in [0.25, 0.3) is 11.1 Å². The lowest BCUT2D eigenvalue weighted by Gasteiger charge is -2.25. The number of halogens is 1. The molecule has 0 N–H and O–H groups in total. The predicted molar refractivity (Wildman–Crippen MR) is 123 cm³/mol. The molecular formula is C27H26FNO3. The van der Waals surface area contributed by atoms with Gasteiger partial charge in [-0.1, -0.05) is 74.5 Å². The summed E-state index contributed by atoms with van der Waals surface area (Å²) < 4.78 is 20.5. The smallest absolute Gasteiger partial charge is 0.313 e. The second kappa shape index (κ2) is 8.58. The second-order valence-corrected chi connectivity index (χ2v) is 8.89. The average Bonchev–Trinajstić information content (AvgIpc) is 3.03. The Morgan fingerprint density at radius 1 is 1.03 bits per heavy atom. The molecule has 1 saturated heterocycles. The maximum atomic E-state index is 14.8. The number of benzene rings is 3. The van der Waals surface area contributed by atoms with E-state index in [9.17, 15) is 14.0 Å². The molecule has 32 heavy (non-hydrogen) atoms. The van der Waals surface area contributed by atoms with Crippen LogP contribution in [0.3, 0.4) is 0 Å². The van der Waals surface area contributed by atoms with E-state index < -0.39 is 29.2 Å². The summed E-state index contributed by atoms with van der Waals surface area (Å²) in [6.07, 6.45) is -0.897. The minimum Gasteiger partial charge on any atom is -0.451 e. The number of amides is 1. The van der Waals surface area contributed by atoms with E-state index in [1.54, 1.807) is 24.0 Å². The lowest BCUT2D eigenvalue weighted by atomic mass is 9.89. The third-order valence-electron chi connectivity index (χ3n) is 6.00. The van der Waals surface area contributed by atoms with Crippen LogP contribution in [0.15, 0.2) is 78.9 Å². The number of hydrogen-bond donors (Lipinski definition) is 0. The molecule has 1 amide bonds. The largest absolute Gasteiger partial charge is 0.451 e. The Kier molecular flexibility index (Phi) is 5.83. The zero-order chi connectivity index (χ0) is 22.9. The fraction of sp³-hybridized carbons (Fsp3) is 0.259. The molecule has 0 aromatic heterocycles. The highest BCUT2D eigenvalue weighted by Crippen LogP contribution is 2.37. The highest BCUT2D eigenvalue weighted by Gasteiger charge is 2.49. The number of anilines is 1. The molecule has 1 aliphatic heterocycles. The number of nitrogens with zero attached hydrogens (tertiary/aromatic N) is 1. The van der Waals surface area contributed by atoms with Crippen molar-refractivity contribution >= 4 is 17.6 Å². The summed E-state index contributed by atoms with van der Waals surface area (Å²) in [5.41, 5.74) is 1.97. The molecular weight excluding hydrogens is 405 g/mol. The maximum absolute atomic E-state index is 14.8. The van der Waals surface area contributed by atoms with Crippen molar-refractivity contribution in [3.05, 3.63) is 90.2 Å². The normalized spacial score (nSPS) is 18.4. The van der Waals surface area contributed by atoms with Crippen molar-refractivity contribution in [2.75, 3.05) is 11.4 Å². The first-order chi connectivity index (χ1) is 15.3. The summed E-state index contributed by atoms with van der Waals surface area (Å²) >= 11 is 0. The molecule has 1 aliphatic rings. The van der Waals surface area contributed by atoms with Gasteiger partial charge in [-0.05, 0) is 36.2 Å². The van der Waals surface area contributed by atoms with Gasteiger partial charge in [0, 0.05) is 23.2 Å². The molecule has 3 aromatic carbocycles. The Labute approximate surface area is 187 Å². The fourth-order valence-electron chi connectivity index (χ4n) is 4.09. The highest BCUT2D eigenvalue weighted by molar-refractivity contribution is 6.01. The van der Waals surface area contributed by atoms with Crippen molar-refractivity contribution in [1.82, 2.24) is 0 Å². The van der Waals surface area contributed by atoms with Crippen molar-refractivity contribution < 1.29 is 18.7 Å². The third-order valence-corrected chi connectivity index (χ3v) is 6.00. The first kappa shape index (κ1) is 21.8. The number of esters is 1. The van der Waals surface area contributed by atoms with Crippen LogP contribution in [0.2, 0.25) is 0 Å². The maximum Gasteiger partial charge on any atom is 0.313 e. The summed E-state index contributed by atoms with van der Waals surface area (Å²) in [5, 5.41) is 0. The van der Waals surface area contributed by atoms with Gasteiger partial charge >= 0.3 is 5.97 Å². The van der Waals surface area contributed by atoms with Crippen LogP contribution < -0.4 is 4.90 Å². The zero-order valence-electron chi connectivity index (χ0n) is 18.4. The van der Waals surface area contributed by atoms with Crippen LogP contribution in [0.1, 0.15) is 32.3 Å². The lowest BCUT2D eigenvalue weighted by molar-refractivity contribution is -0.159. The van der Waals surface area contributed by atoms with Crippen molar-refractivity contribution in [2.45, 2.75) is 32.8 Å². The summed E-state index contributed by atoms with van der Waals surface area (Å²) in [7, 11) is 0. The van der Waals surface area contributed by atoms with E-state index in [0.29, 0.717) is 17.7 Å². The van der Waals surface area contributed by atoms with E-state index in [-0.39, 0.29) is 5.91 Å². The van der Waals surface area contributed by atoms with E-state index in [0.717, 1.165) is 11.3 Å². The van der Waals surface area contributed by atoms with Crippen LogP contribution in [0.4, 0.5) is 10.1 Å². The van der Waals surface area contributed by atoms with Crippen LogP contribution in [-0.2, 0) is 14.3 Å². The number of carbonyl (C=O) groups is 2. The molecule has 0 unspecified atom stereocenters. The van der Waals surface area contributed by atoms with E-state index >= 15 is 0 Å². The van der Waals surface area contributed by atoms with Gasteiger partial charge in [0.15, 0.2) is 6.10 Å². The van der Waals surface area contributed by atoms with Gasteiger partial charge in [0.2, 0.25) is 0 Å². The predicted octanol–water partition coefficient (Wildman–Crippen LogP) is 5.58. The topological polar surface area (TPSA) is 46.6 Å². The standard InChI is InChI=1S/C27H26FNO3/c1-18(20-14-15-22(23(28)16-20)19-10-6-4-7-11-19)26(31)32-24-25(30)29(17-27(24,2)3)21-12-8-5-9-13-21/h4-16,18,24H,17H2,1-3H3/t18-,24+/m0/s1. The molecule has 2 atom stereocenters. The Bertz CT molecular complexity index is 1130. The van der Waals surface area contributed by atoms with E-state index in [2.05, 4.69) is 0 Å². The molecule has 4 rings (SSSR count). The minimum absolute atomic E-state index is 0.243. The zero-order valence-corrected chi connectivity index (χ0v) is 18.4. The quantitative estimate of drug-likeness (QED) is 0.496. The van der Waals surface area contributed by atoms with Gasteiger partial charge in [0.25, 0.3) is 5.91 Å². The first-order valence-corrected chi connectivity index (χ1v) is 10.7. The molecule has 0 radical (unpaired) electrons. The molecule has 1 heterocycles. The molecule has 4 nitrogen and oxygen atoms in total. The van der Waals surface area contributed by atoms with E-state index in [1.807, 2.05) is 74.5 Å². The van der Waals surface area contributed by atoms with Crippen molar-refractivity contribution in [2.24, 2.45) is 5.41 Å². The summed E-state index contributed by atoms with van der Waals surface area (Å²) in [4.78, 5) is 27.6. The van der Waals surface area contributed by atoms with Gasteiger partial charge in [0.05, 0.1) is 5.92 Å². The molecule has 0 saturated carbocycles. The van der Waals surface area contributed by atoms with Gasteiger partial charge in [0.1, 0.15) is 5.82 Å².